The van der Waals surface area contributed by atoms with Gasteiger partial charge >= 0.3 is 0 Å². The van der Waals surface area contributed by atoms with Gasteiger partial charge in [-0.25, -0.2) is 4.98 Å². The van der Waals surface area contributed by atoms with E-state index in [1.807, 2.05) is 44.2 Å². The van der Waals surface area contributed by atoms with E-state index in [-0.39, 0.29) is 18.4 Å². The maximum absolute atomic E-state index is 13.0. The van der Waals surface area contributed by atoms with Crippen molar-refractivity contribution in [2.24, 2.45) is 5.41 Å². The summed E-state index contributed by atoms with van der Waals surface area (Å²) >= 11 is 1.42. The number of carbonyl (C=O) groups excluding carboxylic acids is 2. The maximum atomic E-state index is 13.0. The lowest BCUT2D eigenvalue weighted by atomic mass is 9.93. The number of aromatic nitrogens is 1. The Bertz CT molecular complexity index is 1140. The molecule has 0 saturated carbocycles. The first-order valence-corrected chi connectivity index (χ1v) is 10.8. The molecule has 2 heterocycles. The van der Waals surface area contributed by atoms with Crippen molar-refractivity contribution in [2.45, 2.75) is 13.8 Å². The van der Waals surface area contributed by atoms with E-state index in [0.717, 1.165) is 10.6 Å². The second-order valence-corrected chi connectivity index (χ2v) is 8.78. The van der Waals surface area contributed by atoms with E-state index >= 15 is 0 Å². The lowest BCUT2D eigenvalue weighted by Crippen LogP contribution is -2.42. The third kappa shape index (κ3) is 4.22. The third-order valence-electron chi connectivity index (χ3n) is 4.99. The zero-order valence-corrected chi connectivity index (χ0v) is 18.2. The molecule has 2 aromatic carbocycles. The number of hydrogen-bond donors (Lipinski definition) is 1. The Morgan fingerprint density at radius 1 is 1.29 bits per heavy atom. The average molecular weight is 434 g/mol. The van der Waals surface area contributed by atoms with Crippen LogP contribution < -0.4 is 15.0 Å². The minimum absolute atomic E-state index is 0.0540. The van der Waals surface area contributed by atoms with Crippen molar-refractivity contribution in [3.63, 3.8) is 0 Å². The van der Waals surface area contributed by atoms with Crippen LogP contribution in [-0.2, 0) is 4.79 Å². The topological polar surface area (TPSA) is 71.5 Å². The summed E-state index contributed by atoms with van der Waals surface area (Å²) in [5.74, 6) is 0.232. The van der Waals surface area contributed by atoms with Crippen molar-refractivity contribution in [1.29, 1.82) is 0 Å². The Hall–Kier alpha value is -3.45. The molecule has 158 valence electrons. The van der Waals surface area contributed by atoms with Gasteiger partial charge < -0.3 is 15.0 Å². The Morgan fingerprint density at radius 2 is 2.06 bits per heavy atom. The zero-order valence-electron chi connectivity index (χ0n) is 17.4. The maximum Gasteiger partial charge on any atom is 0.275 e. The van der Waals surface area contributed by atoms with Gasteiger partial charge in [-0.2, -0.15) is 0 Å². The van der Waals surface area contributed by atoms with E-state index < -0.39 is 5.41 Å². The fraction of sp³-hybridized carbons (Fsp3) is 0.208. The molecule has 3 aromatic rings. The molecule has 1 aliphatic heterocycles. The number of hydrogen-bond acceptors (Lipinski definition) is 5. The Kier molecular flexibility index (Phi) is 5.61. The Morgan fingerprint density at radius 3 is 2.81 bits per heavy atom. The van der Waals surface area contributed by atoms with Crippen LogP contribution in [0.5, 0.6) is 5.75 Å². The summed E-state index contributed by atoms with van der Waals surface area (Å²) in [5.41, 5.74) is 1.81. The average Bonchev–Trinajstić information content (AvgIpc) is 3.24. The zero-order chi connectivity index (χ0) is 22.0. The van der Waals surface area contributed by atoms with Gasteiger partial charge in [0.2, 0.25) is 5.91 Å². The molecule has 0 fully saturated rings. The summed E-state index contributed by atoms with van der Waals surface area (Å²) in [7, 11) is 0. The minimum atomic E-state index is -0.667. The predicted octanol–water partition coefficient (Wildman–Crippen LogP) is 5.00. The first kappa shape index (κ1) is 20.8. The number of nitrogens with zero attached hydrogens (tertiary/aromatic N) is 2. The molecule has 1 N–H and O–H groups in total. The standard InChI is InChI=1S/C24H23N3O3S/c1-4-12-27-19-13-17(10-11-20(19)30-15-24(2,3)23(27)29)25-21(28)18-14-31-22(26-18)16-8-6-5-7-9-16/h4-11,13-14H,1,12,15H2,2-3H3,(H,25,28). The highest BCUT2D eigenvalue weighted by atomic mass is 32.1. The summed E-state index contributed by atoms with van der Waals surface area (Å²) in [6.45, 7) is 8.10. The van der Waals surface area contributed by atoms with Crippen LogP contribution >= 0.6 is 11.3 Å². The second-order valence-electron chi connectivity index (χ2n) is 7.92. The molecule has 31 heavy (non-hydrogen) atoms. The van der Waals surface area contributed by atoms with Gasteiger partial charge in [0.15, 0.2) is 0 Å². The first-order chi connectivity index (χ1) is 14.9. The molecule has 2 amide bonds. The minimum Gasteiger partial charge on any atom is -0.490 e. The van der Waals surface area contributed by atoms with Crippen molar-refractivity contribution in [3.05, 3.63) is 72.3 Å². The molecule has 1 aliphatic rings. The van der Waals surface area contributed by atoms with Crippen LogP contribution in [0, 0.1) is 5.41 Å². The van der Waals surface area contributed by atoms with Crippen molar-refractivity contribution in [3.8, 4) is 16.3 Å². The van der Waals surface area contributed by atoms with Crippen LogP contribution in [-0.4, -0.2) is 29.9 Å². The second kappa shape index (κ2) is 8.35. The van der Waals surface area contributed by atoms with Crippen LogP contribution in [0.4, 0.5) is 11.4 Å². The molecular weight excluding hydrogens is 410 g/mol. The lowest BCUT2D eigenvalue weighted by molar-refractivity contribution is -0.127. The highest BCUT2D eigenvalue weighted by Crippen LogP contribution is 2.38. The van der Waals surface area contributed by atoms with Gasteiger partial charge in [0.05, 0.1) is 11.1 Å². The number of carbonyl (C=O) groups is 2. The van der Waals surface area contributed by atoms with E-state index in [1.54, 1.807) is 34.6 Å². The highest BCUT2D eigenvalue weighted by Gasteiger charge is 2.37. The lowest BCUT2D eigenvalue weighted by Gasteiger charge is -2.27. The van der Waals surface area contributed by atoms with E-state index in [1.165, 1.54) is 11.3 Å². The van der Waals surface area contributed by atoms with Gasteiger partial charge in [-0.15, -0.1) is 17.9 Å². The molecule has 0 bridgehead atoms. The molecule has 0 saturated heterocycles. The molecule has 7 heteroatoms. The molecule has 0 atom stereocenters. The number of anilines is 2. The van der Waals surface area contributed by atoms with Gasteiger partial charge in [0.1, 0.15) is 23.1 Å². The monoisotopic (exact) mass is 433 g/mol. The number of amides is 2. The van der Waals surface area contributed by atoms with E-state index in [0.29, 0.717) is 29.4 Å². The van der Waals surface area contributed by atoms with Gasteiger partial charge in [-0.1, -0.05) is 36.4 Å². The number of benzene rings is 2. The molecule has 6 nitrogen and oxygen atoms in total. The number of fused-ring (bicyclic) bond motifs is 1. The molecule has 0 aliphatic carbocycles. The predicted molar refractivity (Wildman–Crippen MR) is 124 cm³/mol. The fourth-order valence-corrected chi connectivity index (χ4v) is 4.13. The van der Waals surface area contributed by atoms with Crippen LogP contribution in [0.3, 0.4) is 0 Å². The van der Waals surface area contributed by atoms with Crippen molar-refractivity contribution in [2.75, 3.05) is 23.4 Å². The summed E-state index contributed by atoms with van der Waals surface area (Å²) in [4.78, 5) is 31.9. The first-order valence-electron chi connectivity index (χ1n) is 9.91. The van der Waals surface area contributed by atoms with Gasteiger partial charge in [0.25, 0.3) is 5.91 Å². The van der Waals surface area contributed by atoms with E-state index in [4.69, 9.17) is 4.74 Å². The number of ether oxygens (including phenoxy) is 1. The quantitative estimate of drug-likeness (QED) is 0.575. The van der Waals surface area contributed by atoms with Gasteiger partial charge in [-0.05, 0) is 32.0 Å². The summed E-state index contributed by atoms with van der Waals surface area (Å²) in [6.07, 6.45) is 1.68. The van der Waals surface area contributed by atoms with E-state index in [2.05, 4.69) is 16.9 Å². The molecule has 0 unspecified atom stereocenters. The summed E-state index contributed by atoms with van der Waals surface area (Å²) < 4.78 is 5.89. The Labute approximate surface area is 185 Å². The number of rotatable bonds is 5. The van der Waals surface area contributed by atoms with Crippen LogP contribution in [0.1, 0.15) is 24.3 Å². The van der Waals surface area contributed by atoms with Crippen LogP contribution in [0.2, 0.25) is 0 Å². The molecule has 0 spiro atoms. The largest absolute Gasteiger partial charge is 0.490 e. The van der Waals surface area contributed by atoms with Crippen LogP contribution in [0.25, 0.3) is 10.6 Å². The summed E-state index contributed by atoms with van der Waals surface area (Å²) in [5, 5.41) is 5.40. The van der Waals surface area contributed by atoms with Crippen molar-refractivity contribution in [1.82, 2.24) is 4.98 Å². The SMILES string of the molecule is C=CCN1C(=O)C(C)(C)COc2ccc(NC(=O)c3csc(-c4ccccc4)n3)cc21. The third-order valence-corrected chi connectivity index (χ3v) is 5.88. The molecule has 4 rings (SSSR count). The number of nitrogens with one attached hydrogen (secondary N) is 1. The summed E-state index contributed by atoms with van der Waals surface area (Å²) in [6, 6.07) is 15.0. The normalized spacial score (nSPS) is 14.9. The van der Waals surface area contributed by atoms with Crippen LogP contribution in [0.15, 0.2) is 66.6 Å². The number of thiazole rings is 1. The fourth-order valence-electron chi connectivity index (χ4n) is 3.32. The van der Waals surface area contributed by atoms with Crippen molar-refractivity contribution >= 4 is 34.5 Å². The molecule has 0 radical (unpaired) electrons. The smallest absolute Gasteiger partial charge is 0.275 e. The van der Waals surface area contributed by atoms with Gasteiger partial charge in [0, 0.05) is 23.2 Å². The van der Waals surface area contributed by atoms with Gasteiger partial charge in [-0.3, -0.25) is 9.59 Å². The highest BCUT2D eigenvalue weighted by molar-refractivity contribution is 7.13. The molecule has 1 aromatic heterocycles. The Balaban J connectivity index is 1.59. The van der Waals surface area contributed by atoms with Crippen molar-refractivity contribution < 1.29 is 14.3 Å². The van der Waals surface area contributed by atoms with E-state index in [9.17, 15) is 9.59 Å². The molecular formula is C24H23N3O3S.